The number of hydrogen-bond acceptors (Lipinski definition) is 6. The van der Waals surface area contributed by atoms with E-state index >= 15 is 0 Å². The second-order valence-corrected chi connectivity index (χ2v) is 10.4. The lowest BCUT2D eigenvalue weighted by Crippen LogP contribution is -2.49. The predicted molar refractivity (Wildman–Crippen MR) is 135 cm³/mol. The fourth-order valence-electron chi connectivity index (χ4n) is 5.10. The molecule has 0 bridgehead atoms. The first kappa shape index (κ1) is 22.3. The number of anilines is 1. The van der Waals surface area contributed by atoms with Gasteiger partial charge in [-0.25, -0.2) is 9.97 Å². The zero-order chi connectivity index (χ0) is 22.6. The summed E-state index contributed by atoms with van der Waals surface area (Å²) in [7, 11) is 0. The molecule has 4 heterocycles. The van der Waals surface area contributed by atoms with Crippen LogP contribution in [0.5, 0.6) is 0 Å². The number of amides is 1. The second-order valence-electron chi connectivity index (χ2n) is 9.31. The highest BCUT2D eigenvalue weighted by molar-refractivity contribution is 7.18. The Kier molecular flexibility index (Phi) is 6.88. The van der Waals surface area contributed by atoms with Crippen molar-refractivity contribution in [3.63, 3.8) is 0 Å². The van der Waals surface area contributed by atoms with Gasteiger partial charge in [0, 0.05) is 43.6 Å². The van der Waals surface area contributed by atoms with Gasteiger partial charge in [-0.1, -0.05) is 37.3 Å². The lowest BCUT2D eigenvalue weighted by Gasteiger charge is -2.36. The Balaban J connectivity index is 1.16. The van der Waals surface area contributed by atoms with E-state index in [0.717, 1.165) is 80.9 Å². The number of aryl methyl sites for hydroxylation is 1. The number of thiophene rings is 1. The summed E-state index contributed by atoms with van der Waals surface area (Å²) in [5.74, 6) is 1.23. The molecule has 6 nitrogen and oxygen atoms in total. The Morgan fingerprint density at radius 2 is 1.94 bits per heavy atom. The van der Waals surface area contributed by atoms with Crippen molar-refractivity contribution in [1.29, 1.82) is 0 Å². The Labute approximate surface area is 200 Å². The number of likely N-dealkylation sites (tertiary alicyclic amines) is 1. The Bertz CT molecular complexity index is 1080. The van der Waals surface area contributed by atoms with Crippen LogP contribution in [0.4, 0.5) is 5.82 Å². The highest BCUT2D eigenvalue weighted by atomic mass is 32.1. The molecule has 2 fully saturated rings. The van der Waals surface area contributed by atoms with Crippen LogP contribution < -0.4 is 10.2 Å². The molecule has 2 aliphatic rings. The van der Waals surface area contributed by atoms with Crippen molar-refractivity contribution in [3.8, 4) is 0 Å². The number of benzene rings is 1. The molecule has 1 amide bonds. The number of nitrogens with zero attached hydrogens (tertiary/aromatic N) is 4. The molecular formula is C26H33N5OS. The van der Waals surface area contributed by atoms with Crippen LogP contribution >= 0.6 is 11.3 Å². The fourth-order valence-corrected chi connectivity index (χ4v) is 6.03. The lowest BCUT2D eigenvalue weighted by atomic mass is 9.95. The van der Waals surface area contributed by atoms with Crippen LogP contribution in [0, 0.1) is 5.92 Å². The molecule has 0 radical (unpaired) electrons. The number of aromatic nitrogens is 2. The van der Waals surface area contributed by atoms with E-state index in [-0.39, 0.29) is 17.9 Å². The summed E-state index contributed by atoms with van der Waals surface area (Å²) in [5, 5.41) is 4.50. The molecule has 33 heavy (non-hydrogen) atoms. The van der Waals surface area contributed by atoms with Crippen molar-refractivity contribution in [2.24, 2.45) is 5.92 Å². The van der Waals surface area contributed by atoms with Gasteiger partial charge in [0.15, 0.2) is 0 Å². The van der Waals surface area contributed by atoms with Crippen LogP contribution in [0.25, 0.3) is 10.2 Å². The van der Waals surface area contributed by atoms with E-state index in [1.807, 2.05) is 0 Å². The molecule has 0 unspecified atom stereocenters. The molecule has 2 aliphatic heterocycles. The summed E-state index contributed by atoms with van der Waals surface area (Å²) in [5.41, 5.74) is 1.36. The van der Waals surface area contributed by atoms with Crippen molar-refractivity contribution in [3.05, 3.63) is 53.2 Å². The van der Waals surface area contributed by atoms with Crippen molar-refractivity contribution >= 4 is 33.3 Å². The third kappa shape index (κ3) is 5.20. The fraction of sp³-hybridized carbons (Fsp3) is 0.500. The van der Waals surface area contributed by atoms with Gasteiger partial charge in [-0.2, -0.15) is 0 Å². The van der Waals surface area contributed by atoms with Gasteiger partial charge in [0.1, 0.15) is 17.0 Å². The molecule has 1 N–H and O–H groups in total. The third-order valence-corrected chi connectivity index (χ3v) is 8.17. The Morgan fingerprint density at radius 1 is 1.12 bits per heavy atom. The first-order chi connectivity index (χ1) is 16.2. The van der Waals surface area contributed by atoms with Crippen LogP contribution in [0.15, 0.2) is 42.7 Å². The number of carbonyl (C=O) groups is 1. The molecule has 2 saturated heterocycles. The molecule has 3 aromatic rings. The van der Waals surface area contributed by atoms with Crippen molar-refractivity contribution in [2.75, 3.05) is 31.1 Å². The van der Waals surface area contributed by atoms with E-state index in [9.17, 15) is 4.79 Å². The normalized spacial score (nSPS) is 20.3. The zero-order valence-electron chi connectivity index (χ0n) is 19.4. The van der Waals surface area contributed by atoms with Gasteiger partial charge in [-0.3, -0.25) is 9.69 Å². The molecule has 174 valence electrons. The molecule has 0 saturated carbocycles. The van der Waals surface area contributed by atoms with Crippen molar-refractivity contribution in [1.82, 2.24) is 20.2 Å². The minimum absolute atomic E-state index is 0.0235. The van der Waals surface area contributed by atoms with Gasteiger partial charge >= 0.3 is 0 Å². The molecular weight excluding hydrogens is 430 g/mol. The van der Waals surface area contributed by atoms with Gasteiger partial charge in [0.05, 0.1) is 11.3 Å². The molecule has 0 aliphatic carbocycles. The van der Waals surface area contributed by atoms with Gasteiger partial charge in [0.2, 0.25) is 5.91 Å². The number of hydrogen-bond donors (Lipinski definition) is 1. The largest absolute Gasteiger partial charge is 0.355 e. The van der Waals surface area contributed by atoms with Gasteiger partial charge in [0.25, 0.3) is 0 Å². The second kappa shape index (κ2) is 10.2. The Hall–Kier alpha value is -2.51. The van der Waals surface area contributed by atoms with E-state index in [2.05, 4.69) is 68.4 Å². The Morgan fingerprint density at radius 3 is 2.73 bits per heavy atom. The monoisotopic (exact) mass is 463 g/mol. The number of fused-ring (bicyclic) bond motifs is 1. The summed E-state index contributed by atoms with van der Waals surface area (Å²) in [6.45, 7) is 6.92. The highest BCUT2D eigenvalue weighted by Gasteiger charge is 2.30. The molecule has 2 aromatic heterocycles. The standard InChI is InChI=1S/C26H33N5OS/c1-2-22-15-23-24(27-18-28-26(23)33-22)31-12-6-9-20(17-31)25(32)29-21-10-13-30(14-11-21)16-19-7-4-3-5-8-19/h3-5,7-8,15,18,20-21H,2,6,9-14,16-17H2,1H3,(H,29,32)/t20-/m1/s1. The van der Waals surface area contributed by atoms with Gasteiger partial charge in [-0.15, -0.1) is 11.3 Å². The molecule has 0 spiro atoms. The van der Waals surface area contributed by atoms with Crippen LogP contribution in [-0.2, 0) is 17.8 Å². The first-order valence-corrected chi connectivity index (χ1v) is 13.1. The maximum absolute atomic E-state index is 13.1. The van der Waals surface area contributed by atoms with Crippen LogP contribution in [0.2, 0.25) is 0 Å². The molecule has 5 rings (SSSR count). The van der Waals surface area contributed by atoms with E-state index in [4.69, 9.17) is 0 Å². The number of piperidine rings is 2. The smallest absolute Gasteiger partial charge is 0.225 e. The highest BCUT2D eigenvalue weighted by Crippen LogP contribution is 2.32. The van der Waals surface area contributed by atoms with Crippen LogP contribution in [0.1, 0.15) is 43.0 Å². The summed E-state index contributed by atoms with van der Waals surface area (Å²) in [6.07, 6.45) is 6.69. The minimum atomic E-state index is 0.0235. The van der Waals surface area contributed by atoms with Gasteiger partial charge < -0.3 is 10.2 Å². The summed E-state index contributed by atoms with van der Waals surface area (Å²) < 4.78 is 0. The van der Waals surface area contributed by atoms with E-state index in [1.165, 1.54) is 10.4 Å². The number of rotatable bonds is 6. The predicted octanol–water partition coefficient (Wildman–Crippen LogP) is 4.25. The maximum Gasteiger partial charge on any atom is 0.225 e. The zero-order valence-corrected chi connectivity index (χ0v) is 20.2. The summed E-state index contributed by atoms with van der Waals surface area (Å²) in [4.78, 5) is 29.4. The number of nitrogens with one attached hydrogen (secondary N) is 1. The molecule has 1 atom stereocenters. The number of carbonyl (C=O) groups excluding carboxylic acids is 1. The minimum Gasteiger partial charge on any atom is -0.355 e. The average molecular weight is 464 g/mol. The SMILES string of the molecule is CCc1cc2c(N3CCC[C@@H](C(=O)NC4CCN(Cc5ccccc5)CC4)C3)ncnc2s1. The quantitative estimate of drug-likeness (QED) is 0.592. The van der Waals surface area contributed by atoms with Crippen molar-refractivity contribution < 1.29 is 4.79 Å². The third-order valence-electron chi connectivity index (χ3n) is 6.98. The maximum atomic E-state index is 13.1. The van der Waals surface area contributed by atoms with E-state index in [0.29, 0.717) is 0 Å². The average Bonchev–Trinajstić information content (AvgIpc) is 3.30. The lowest BCUT2D eigenvalue weighted by molar-refractivity contribution is -0.126. The molecule has 1 aromatic carbocycles. The molecule has 7 heteroatoms. The summed E-state index contributed by atoms with van der Waals surface area (Å²) in [6, 6.07) is 13.2. The van der Waals surface area contributed by atoms with Crippen molar-refractivity contribution in [2.45, 2.75) is 51.6 Å². The van der Waals surface area contributed by atoms with E-state index < -0.39 is 0 Å². The topological polar surface area (TPSA) is 61.4 Å². The van der Waals surface area contributed by atoms with E-state index in [1.54, 1.807) is 17.7 Å². The first-order valence-electron chi connectivity index (χ1n) is 12.2. The van der Waals surface area contributed by atoms with Crippen LogP contribution in [-0.4, -0.2) is 53.0 Å². The summed E-state index contributed by atoms with van der Waals surface area (Å²) >= 11 is 1.75. The van der Waals surface area contributed by atoms with Crippen LogP contribution in [0.3, 0.4) is 0 Å². The van der Waals surface area contributed by atoms with Gasteiger partial charge in [-0.05, 0) is 43.7 Å².